The molecule has 0 saturated heterocycles. The summed E-state index contributed by atoms with van der Waals surface area (Å²) in [5.74, 6) is 0.0162. The Bertz CT molecular complexity index is 1020. The smallest absolute Gasteiger partial charge is 0.186 e. The Labute approximate surface area is 166 Å². The molecule has 1 aliphatic heterocycles. The van der Waals surface area contributed by atoms with E-state index in [1.807, 2.05) is 19.0 Å². The monoisotopic (exact) mass is 431 g/mol. The molecule has 3 rings (SSSR count). The fraction of sp³-hybridized carbons (Fsp3) is 0.333. The Morgan fingerprint density at radius 3 is 2.52 bits per heavy atom. The number of benzene rings is 2. The highest BCUT2D eigenvalue weighted by Crippen LogP contribution is 2.41. The van der Waals surface area contributed by atoms with Gasteiger partial charge in [0.1, 0.15) is 17.6 Å². The molecule has 1 atom stereocenters. The fourth-order valence-electron chi connectivity index (χ4n) is 2.92. The summed E-state index contributed by atoms with van der Waals surface area (Å²) in [5.41, 5.74) is 0.339. The van der Waals surface area contributed by atoms with Crippen LogP contribution in [-0.2, 0) is 19.7 Å². The van der Waals surface area contributed by atoms with Crippen molar-refractivity contribution in [3.8, 4) is 5.75 Å². The molecule has 2 aromatic rings. The summed E-state index contributed by atoms with van der Waals surface area (Å²) in [5, 5.41) is -1.10. The van der Waals surface area contributed by atoms with Gasteiger partial charge < -0.3 is 9.64 Å². The normalized spacial score (nSPS) is 18.0. The molecule has 0 fully saturated rings. The van der Waals surface area contributed by atoms with E-state index < -0.39 is 30.7 Å². The highest BCUT2D eigenvalue weighted by atomic mass is 35.5. The second-order valence-corrected chi connectivity index (χ2v) is 10.6. The molecule has 0 N–H and O–H groups in total. The first kappa shape index (κ1) is 21.7. The van der Waals surface area contributed by atoms with Crippen molar-refractivity contribution in [2.75, 3.05) is 33.0 Å². The van der Waals surface area contributed by atoms with Gasteiger partial charge in [-0.3, -0.25) is 0 Å². The maximum Gasteiger partial charge on any atom is 0.186 e. The first-order valence-electron chi connectivity index (χ1n) is 8.15. The van der Waals surface area contributed by atoms with Crippen LogP contribution in [0.4, 0.5) is 0 Å². The van der Waals surface area contributed by atoms with Crippen molar-refractivity contribution in [2.45, 2.75) is 15.0 Å². The molecule has 6 nitrogen and oxygen atoms in total. The lowest BCUT2D eigenvalue weighted by atomic mass is 10.2. The predicted octanol–water partition coefficient (Wildman–Crippen LogP) is 2.35. The summed E-state index contributed by atoms with van der Waals surface area (Å²) in [7, 11) is -3.61. The van der Waals surface area contributed by atoms with Gasteiger partial charge in [0.05, 0.1) is 15.5 Å². The Morgan fingerprint density at radius 1 is 1.11 bits per heavy atom. The number of ether oxygens (including phenoxy) is 1. The van der Waals surface area contributed by atoms with E-state index in [0.29, 0.717) is 24.5 Å². The van der Waals surface area contributed by atoms with E-state index in [-0.39, 0.29) is 22.2 Å². The van der Waals surface area contributed by atoms with Crippen molar-refractivity contribution in [1.29, 1.82) is 0 Å². The average Bonchev–Trinajstić information content (AvgIpc) is 2.87. The van der Waals surface area contributed by atoms with Crippen LogP contribution >= 0.6 is 12.4 Å². The predicted molar refractivity (Wildman–Crippen MR) is 106 cm³/mol. The van der Waals surface area contributed by atoms with E-state index in [1.54, 1.807) is 30.3 Å². The maximum absolute atomic E-state index is 13.1. The number of likely N-dealkylation sites (N-methyl/N-ethyl adjacent to an activating group) is 1. The maximum atomic E-state index is 13.1. The Balaban J connectivity index is 0.00000261. The van der Waals surface area contributed by atoms with Crippen molar-refractivity contribution >= 4 is 32.1 Å². The minimum atomic E-state index is -3.86. The van der Waals surface area contributed by atoms with Crippen molar-refractivity contribution in [2.24, 2.45) is 0 Å². The molecule has 27 heavy (non-hydrogen) atoms. The van der Waals surface area contributed by atoms with Gasteiger partial charge in [-0.15, -0.1) is 12.4 Å². The number of sulfone groups is 2. The van der Waals surface area contributed by atoms with Gasteiger partial charge in [-0.2, -0.15) is 0 Å². The second kappa shape index (κ2) is 8.18. The number of hydrogen-bond acceptors (Lipinski definition) is 6. The van der Waals surface area contributed by atoms with Crippen LogP contribution in [-0.4, -0.2) is 54.7 Å². The zero-order chi connectivity index (χ0) is 18.9. The van der Waals surface area contributed by atoms with Crippen LogP contribution in [0.3, 0.4) is 0 Å². The molecule has 0 bridgehead atoms. The van der Waals surface area contributed by atoms with Gasteiger partial charge in [-0.05, 0) is 43.9 Å². The van der Waals surface area contributed by atoms with Crippen LogP contribution in [0.25, 0.3) is 0 Å². The zero-order valence-electron chi connectivity index (χ0n) is 15.0. The number of fused-ring (bicyclic) bond motifs is 1. The molecule has 0 aromatic heterocycles. The summed E-state index contributed by atoms with van der Waals surface area (Å²) in [6.07, 6.45) is 0. The molecule has 0 radical (unpaired) electrons. The van der Waals surface area contributed by atoms with E-state index in [1.165, 1.54) is 18.2 Å². The summed E-state index contributed by atoms with van der Waals surface area (Å²) in [6, 6.07) is 12.5. The molecule has 9 heteroatoms. The molecular formula is C18H22ClNO5S2. The van der Waals surface area contributed by atoms with Crippen molar-refractivity contribution in [3.05, 3.63) is 54.1 Å². The summed E-state index contributed by atoms with van der Waals surface area (Å²) in [6.45, 7) is 1.13. The quantitative estimate of drug-likeness (QED) is 0.698. The van der Waals surface area contributed by atoms with Crippen molar-refractivity contribution in [1.82, 2.24) is 4.90 Å². The van der Waals surface area contributed by atoms with Crippen molar-refractivity contribution < 1.29 is 21.6 Å². The molecular weight excluding hydrogens is 410 g/mol. The van der Waals surface area contributed by atoms with E-state index >= 15 is 0 Å². The van der Waals surface area contributed by atoms with E-state index in [2.05, 4.69) is 0 Å². The van der Waals surface area contributed by atoms with Gasteiger partial charge in [0.25, 0.3) is 0 Å². The minimum Gasteiger partial charge on any atom is -0.492 e. The Kier molecular flexibility index (Phi) is 6.57. The highest BCUT2D eigenvalue weighted by Gasteiger charge is 2.42. The average molecular weight is 432 g/mol. The third-order valence-corrected chi connectivity index (χ3v) is 8.39. The largest absolute Gasteiger partial charge is 0.492 e. The number of nitrogens with zero attached hydrogens (tertiary/aromatic N) is 1. The third kappa shape index (κ3) is 4.45. The molecule has 1 unspecified atom stereocenters. The van der Waals surface area contributed by atoms with Gasteiger partial charge in [-0.25, -0.2) is 16.8 Å². The van der Waals surface area contributed by atoms with Crippen LogP contribution < -0.4 is 4.74 Å². The van der Waals surface area contributed by atoms with E-state index in [0.717, 1.165) is 0 Å². The number of hydrogen-bond donors (Lipinski definition) is 0. The molecule has 1 aliphatic rings. The lowest BCUT2D eigenvalue weighted by molar-refractivity contribution is 0.261. The van der Waals surface area contributed by atoms with Gasteiger partial charge in [0.15, 0.2) is 19.7 Å². The molecule has 0 aliphatic carbocycles. The molecule has 0 saturated carbocycles. The lowest BCUT2D eigenvalue weighted by Crippen LogP contribution is -2.19. The van der Waals surface area contributed by atoms with Gasteiger partial charge in [0.2, 0.25) is 0 Å². The SMILES string of the molecule is CN(C)CCOc1cccc(S(=O)(=O)C2CS(=O)(=O)c3ccccc32)c1.Cl. The lowest BCUT2D eigenvalue weighted by Gasteiger charge is -2.14. The number of halogens is 1. The first-order chi connectivity index (χ1) is 12.2. The molecule has 0 spiro atoms. The van der Waals surface area contributed by atoms with Crippen LogP contribution in [0, 0.1) is 0 Å². The van der Waals surface area contributed by atoms with Gasteiger partial charge in [0, 0.05) is 6.54 Å². The van der Waals surface area contributed by atoms with Crippen LogP contribution in [0.1, 0.15) is 10.8 Å². The standard InChI is InChI=1S/C18H21NO5S2.ClH/c1-19(2)10-11-24-14-6-5-7-15(12-14)26(22,23)18-13-25(20,21)17-9-4-3-8-16(17)18;/h3-9,12,18H,10-11,13H2,1-2H3;1H. The van der Waals surface area contributed by atoms with Crippen LogP contribution in [0.5, 0.6) is 5.75 Å². The molecule has 148 valence electrons. The van der Waals surface area contributed by atoms with Gasteiger partial charge >= 0.3 is 0 Å². The number of rotatable bonds is 6. The minimum absolute atomic E-state index is 0. The Morgan fingerprint density at radius 2 is 1.81 bits per heavy atom. The molecule has 1 heterocycles. The molecule has 2 aromatic carbocycles. The van der Waals surface area contributed by atoms with Crippen LogP contribution in [0.2, 0.25) is 0 Å². The van der Waals surface area contributed by atoms with Gasteiger partial charge in [-0.1, -0.05) is 24.3 Å². The summed E-state index contributed by atoms with van der Waals surface area (Å²) >= 11 is 0. The summed E-state index contributed by atoms with van der Waals surface area (Å²) < 4.78 is 56.4. The van der Waals surface area contributed by atoms with Crippen LogP contribution in [0.15, 0.2) is 58.3 Å². The Hall–Kier alpha value is -1.61. The highest BCUT2D eigenvalue weighted by molar-refractivity contribution is 7.96. The fourth-order valence-corrected chi connectivity index (χ4v) is 7.28. The zero-order valence-corrected chi connectivity index (χ0v) is 17.5. The summed E-state index contributed by atoms with van der Waals surface area (Å²) in [4.78, 5) is 2.13. The molecule has 0 amide bonds. The first-order valence-corrected chi connectivity index (χ1v) is 11.3. The van der Waals surface area contributed by atoms with E-state index in [4.69, 9.17) is 4.74 Å². The van der Waals surface area contributed by atoms with Crippen molar-refractivity contribution in [3.63, 3.8) is 0 Å². The van der Waals surface area contributed by atoms with E-state index in [9.17, 15) is 16.8 Å². The third-order valence-electron chi connectivity index (χ3n) is 4.29. The second-order valence-electron chi connectivity index (χ2n) is 6.48. The topological polar surface area (TPSA) is 80.8 Å².